The zero-order chi connectivity index (χ0) is 9.52. The highest BCUT2D eigenvalue weighted by atomic mass is 16.5. The molecule has 1 aromatic carbocycles. The van der Waals surface area contributed by atoms with Crippen molar-refractivity contribution in [3.05, 3.63) is 35.9 Å². The molecule has 0 aromatic heterocycles. The van der Waals surface area contributed by atoms with Gasteiger partial charge in [-0.25, -0.2) is 0 Å². The van der Waals surface area contributed by atoms with Crippen molar-refractivity contribution in [3.63, 3.8) is 0 Å². The molecule has 1 unspecified atom stereocenters. The summed E-state index contributed by atoms with van der Waals surface area (Å²) in [6, 6.07) is 12.2. The maximum atomic E-state index is 8.79. The second kappa shape index (κ2) is 5.34. The van der Waals surface area contributed by atoms with Crippen LogP contribution < -0.4 is 0 Å². The highest BCUT2D eigenvalue weighted by Gasteiger charge is 2.06. The Morgan fingerprint density at radius 3 is 2.62 bits per heavy atom. The molecule has 0 saturated heterocycles. The predicted octanol–water partition coefficient (Wildman–Crippen LogP) is 2.02. The Morgan fingerprint density at radius 2 is 2.08 bits per heavy atom. The molecule has 0 N–H and O–H groups in total. The molecular weight excluding hydrogens is 162 g/mol. The van der Waals surface area contributed by atoms with Crippen LogP contribution in [0.2, 0.25) is 0 Å². The number of hydrogen-bond donors (Lipinski definition) is 0. The Labute approximate surface area is 78.8 Å². The van der Waals surface area contributed by atoms with Crippen LogP contribution in [0, 0.1) is 17.2 Å². The molecule has 0 saturated carbocycles. The Kier molecular flexibility index (Phi) is 4.01. The summed E-state index contributed by atoms with van der Waals surface area (Å²) in [5.41, 5.74) is 1.19. The summed E-state index contributed by atoms with van der Waals surface area (Å²) in [4.78, 5) is 0. The minimum Gasteiger partial charge on any atom is -0.383 e. The highest BCUT2D eigenvalue weighted by Crippen LogP contribution is 2.07. The minimum absolute atomic E-state index is 0.0348. The lowest BCUT2D eigenvalue weighted by Gasteiger charge is -2.06. The Balaban J connectivity index is 2.53. The van der Waals surface area contributed by atoms with Gasteiger partial charge in [-0.1, -0.05) is 30.3 Å². The standard InChI is InChI=1S/C11H13NO/c1-13-9-11(8-12)7-10-5-3-2-4-6-10/h2-6,11H,7,9H2,1H3. The molecule has 1 atom stereocenters. The van der Waals surface area contributed by atoms with E-state index in [0.717, 1.165) is 6.42 Å². The summed E-state index contributed by atoms with van der Waals surface area (Å²) >= 11 is 0. The first-order valence-corrected chi connectivity index (χ1v) is 4.29. The van der Waals surface area contributed by atoms with Crippen LogP contribution in [0.15, 0.2) is 30.3 Å². The quantitative estimate of drug-likeness (QED) is 0.701. The topological polar surface area (TPSA) is 33.0 Å². The van der Waals surface area contributed by atoms with E-state index in [4.69, 9.17) is 10.00 Å². The van der Waals surface area contributed by atoms with Crippen molar-refractivity contribution in [1.29, 1.82) is 5.26 Å². The van der Waals surface area contributed by atoms with E-state index >= 15 is 0 Å². The van der Waals surface area contributed by atoms with E-state index in [1.165, 1.54) is 5.56 Å². The van der Waals surface area contributed by atoms with Crippen molar-refractivity contribution in [2.75, 3.05) is 13.7 Å². The molecule has 0 aliphatic rings. The number of rotatable bonds is 4. The predicted molar refractivity (Wildman–Crippen MR) is 51.1 cm³/mol. The summed E-state index contributed by atoms with van der Waals surface area (Å²) in [5, 5.41) is 8.79. The molecule has 2 nitrogen and oxygen atoms in total. The van der Waals surface area contributed by atoms with Gasteiger partial charge in [0, 0.05) is 7.11 Å². The lowest BCUT2D eigenvalue weighted by Crippen LogP contribution is -2.08. The molecule has 68 valence electrons. The lowest BCUT2D eigenvalue weighted by molar-refractivity contribution is 0.172. The molecule has 0 fully saturated rings. The molecule has 2 heteroatoms. The zero-order valence-corrected chi connectivity index (χ0v) is 7.73. The van der Waals surface area contributed by atoms with Gasteiger partial charge >= 0.3 is 0 Å². The second-order valence-electron chi connectivity index (χ2n) is 2.97. The van der Waals surface area contributed by atoms with Gasteiger partial charge in [-0.05, 0) is 12.0 Å². The summed E-state index contributed by atoms with van der Waals surface area (Å²) in [5.74, 6) is -0.0348. The van der Waals surface area contributed by atoms with E-state index in [0.29, 0.717) is 6.61 Å². The van der Waals surface area contributed by atoms with Crippen LogP contribution >= 0.6 is 0 Å². The summed E-state index contributed by atoms with van der Waals surface area (Å²) in [6.07, 6.45) is 0.769. The first-order chi connectivity index (χ1) is 6.36. The first-order valence-electron chi connectivity index (χ1n) is 4.29. The zero-order valence-electron chi connectivity index (χ0n) is 7.73. The largest absolute Gasteiger partial charge is 0.383 e. The maximum absolute atomic E-state index is 8.79. The summed E-state index contributed by atoms with van der Waals surface area (Å²) in [6.45, 7) is 0.505. The fourth-order valence-electron chi connectivity index (χ4n) is 1.24. The van der Waals surface area contributed by atoms with E-state index < -0.39 is 0 Å². The number of ether oxygens (including phenoxy) is 1. The number of hydrogen-bond acceptors (Lipinski definition) is 2. The number of methoxy groups -OCH3 is 1. The molecule has 0 heterocycles. The molecule has 1 rings (SSSR count). The van der Waals surface area contributed by atoms with Gasteiger partial charge in [-0.2, -0.15) is 5.26 Å². The third-order valence-electron chi connectivity index (χ3n) is 1.88. The average molecular weight is 175 g/mol. The molecule has 0 amide bonds. The Hall–Kier alpha value is -1.33. The Morgan fingerprint density at radius 1 is 1.38 bits per heavy atom. The molecule has 0 bridgehead atoms. The average Bonchev–Trinajstić information content (AvgIpc) is 2.19. The third kappa shape index (κ3) is 3.27. The fourth-order valence-corrected chi connectivity index (χ4v) is 1.24. The summed E-state index contributed by atoms with van der Waals surface area (Å²) in [7, 11) is 1.62. The van der Waals surface area contributed by atoms with Crippen LogP contribution in [0.1, 0.15) is 5.56 Å². The van der Waals surface area contributed by atoms with Gasteiger partial charge in [-0.15, -0.1) is 0 Å². The van der Waals surface area contributed by atoms with Crippen LogP contribution in [0.4, 0.5) is 0 Å². The smallest absolute Gasteiger partial charge is 0.0737 e. The van der Waals surface area contributed by atoms with Crippen molar-refractivity contribution >= 4 is 0 Å². The third-order valence-corrected chi connectivity index (χ3v) is 1.88. The molecule has 1 aromatic rings. The molecule has 0 aliphatic heterocycles. The van der Waals surface area contributed by atoms with E-state index in [1.807, 2.05) is 30.3 Å². The van der Waals surface area contributed by atoms with E-state index in [9.17, 15) is 0 Å². The molecule has 0 aliphatic carbocycles. The van der Waals surface area contributed by atoms with Crippen molar-refractivity contribution in [2.45, 2.75) is 6.42 Å². The fraction of sp³-hybridized carbons (Fsp3) is 0.364. The number of nitrogens with zero attached hydrogens (tertiary/aromatic N) is 1. The lowest BCUT2D eigenvalue weighted by atomic mass is 10.0. The van der Waals surface area contributed by atoms with Gasteiger partial charge in [-0.3, -0.25) is 0 Å². The number of nitriles is 1. The Bertz CT molecular complexity index is 276. The molecule has 0 spiro atoms. The second-order valence-corrected chi connectivity index (χ2v) is 2.97. The van der Waals surface area contributed by atoms with Gasteiger partial charge in [0.25, 0.3) is 0 Å². The van der Waals surface area contributed by atoms with Gasteiger partial charge in [0.15, 0.2) is 0 Å². The van der Waals surface area contributed by atoms with Gasteiger partial charge in [0.1, 0.15) is 0 Å². The van der Waals surface area contributed by atoms with E-state index in [1.54, 1.807) is 7.11 Å². The van der Waals surface area contributed by atoms with Crippen LogP contribution in [-0.4, -0.2) is 13.7 Å². The first kappa shape index (κ1) is 9.76. The van der Waals surface area contributed by atoms with Crippen LogP contribution in [0.25, 0.3) is 0 Å². The summed E-state index contributed by atoms with van der Waals surface area (Å²) < 4.78 is 4.94. The van der Waals surface area contributed by atoms with E-state index in [2.05, 4.69) is 6.07 Å². The minimum atomic E-state index is -0.0348. The van der Waals surface area contributed by atoms with Gasteiger partial charge < -0.3 is 4.74 Å². The highest BCUT2D eigenvalue weighted by molar-refractivity contribution is 5.16. The van der Waals surface area contributed by atoms with Crippen molar-refractivity contribution < 1.29 is 4.74 Å². The van der Waals surface area contributed by atoms with Crippen molar-refractivity contribution in [1.82, 2.24) is 0 Å². The molecular formula is C11H13NO. The molecule has 0 radical (unpaired) electrons. The van der Waals surface area contributed by atoms with E-state index in [-0.39, 0.29) is 5.92 Å². The van der Waals surface area contributed by atoms with Gasteiger partial charge in [0.05, 0.1) is 18.6 Å². The van der Waals surface area contributed by atoms with Crippen LogP contribution in [-0.2, 0) is 11.2 Å². The van der Waals surface area contributed by atoms with Gasteiger partial charge in [0.2, 0.25) is 0 Å². The van der Waals surface area contributed by atoms with Crippen LogP contribution in [0.5, 0.6) is 0 Å². The van der Waals surface area contributed by atoms with Crippen molar-refractivity contribution in [3.8, 4) is 6.07 Å². The maximum Gasteiger partial charge on any atom is 0.0737 e. The monoisotopic (exact) mass is 175 g/mol. The van der Waals surface area contributed by atoms with Crippen LogP contribution in [0.3, 0.4) is 0 Å². The van der Waals surface area contributed by atoms with Crippen molar-refractivity contribution in [2.24, 2.45) is 5.92 Å². The SMILES string of the molecule is COCC(C#N)Cc1ccccc1. The molecule has 13 heavy (non-hydrogen) atoms. The number of benzene rings is 1. The normalized spacial score (nSPS) is 12.0.